The van der Waals surface area contributed by atoms with Gasteiger partial charge in [-0.25, -0.2) is 0 Å². The van der Waals surface area contributed by atoms with Crippen LogP contribution in [0.1, 0.15) is 36.6 Å². The lowest BCUT2D eigenvalue weighted by atomic mass is 9.94. The zero-order chi connectivity index (χ0) is 15.2. The molecule has 2 atom stereocenters. The Bertz CT molecular complexity index is 551. The van der Waals surface area contributed by atoms with E-state index in [1.54, 1.807) is 0 Å². The molecule has 0 aliphatic rings. The minimum absolute atomic E-state index is 0.112. The quantitative estimate of drug-likeness (QED) is 0.847. The van der Waals surface area contributed by atoms with Crippen molar-refractivity contribution in [3.63, 3.8) is 0 Å². The van der Waals surface area contributed by atoms with E-state index >= 15 is 0 Å². The van der Waals surface area contributed by atoms with Gasteiger partial charge in [0.25, 0.3) is 0 Å². The van der Waals surface area contributed by atoms with Crippen molar-refractivity contribution in [3.05, 3.63) is 71.3 Å². The predicted molar refractivity (Wildman–Crippen MR) is 88.3 cm³/mol. The van der Waals surface area contributed by atoms with Gasteiger partial charge in [-0.2, -0.15) is 0 Å². The number of nitrogens with one attached hydrogen (secondary N) is 1. The zero-order valence-electron chi connectivity index (χ0n) is 13.1. The lowest BCUT2D eigenvalue weighted by Crippen LogP contribution is -2.34. The van der Waals surface area contributed by atoms with Gasteiger partial charge in [-0.15, -0.1) is 0 Å². The Morgan fingerprint density at radius 1 is 0.952 bits per heavy atom. The summed E-state index contributed by atoms with van der Waals surface area (Å²) in [6.45, 7) is 6.80. The van der Waals surface area contributed by atoms with E-state index in [0.717, 1.165) is 0 Å². The van der Waals surface area contributed by atoms with Crippen LogP contribution in [0.3, 0.4) is 0 Å². The van der Waals surface area contributed by atoms with E-state index < -0.39 is 0 Å². The number of hydrogen-bond donors (Lipinski definition) is 2. The van der Waals surface area contributed by atoms with E-state index in [9.17, 15) is 5.11 Å². The molecular formula is C19H25NO. The van der Waals surface area contributed by atoms with Crippen LogP contribution in [0.4, 0.5) is 0 Å². The van der Waals surface area contributed by atoms with Gasteiger partial charge >= 0.3 is 0 Å². The van der Waals surface area contributed by atoms with Crippen LogP contribution < -0.4 is 5.32 Å². The molecule has 0 aromatic heterocycles. The summed E-state index contributed by atoms with van der Waals surface area (Å²) in [5, 5.41) is 13.6. The molecule has 21 heavy (non-hydrogen) atoms. The molecule has 2 rings (SSSR count). The molecule has 2 nitrogen and oxygen atoms in total. The molecule has 0 aliphatic heterocycles. The molecule has 2 aromatic rings. The maximum atomic E-state index is 10.1. The van der Waals surface area contributed by atoms with Gasteiger partial charge in [0, 0.05) is 6.54 Å². The van der Waals surface area contributed by atoms with Crippen molar-refractivity contribution in [2.24, 2.45) is 5.92 Å². The summed E-state index contributed by atoms with van der Waals surface area (Å²) >= 11 is 0. The van der Waals surface area contributed by atoms with Crippen molar-refractivity contribution in [2.45, 2.75) is 32.9 Å². The standard InChI is InChI=1S/C19H25NO/c1-14(2)18(21)13-20-19(16-10-5-4-6-11-16)17-12-8-7-9-15(17)3/h4-12,14,18-21H,13H2,1-3H3. The van der Waals surface area contributed by atoms with Crippen LogP contribution in [0.2, 0.25) is 0 Å². The minimum Gasteiger partial charge on any atom is -0.392 e. The van der Waals surface area contributed by atoms with E-state index in [2.05, 4.69) is 60.8 Å². The summed E-state index contributed by atoms with van der Waals surface area (Å²) < 4.78 is 0. The third-order valence-corrected chi connectivity index (χ3v) is 3.93. The topological polar surface area (TPSA) is 32.3 Å². The summed E-state index contributed by atoms with van der Waals surface area (Å²) in [4.78, 5) is 0. The van der Waals surface area contributed by atoms with Gasteiger partial charge < -0.3 is 10.4 Å². The molecule has 112 valence electrons. The SMILES string of the molecule is Cc1ccccc1C(NCC(O)C(C)C)c1ccccc1. The number of rotatable bonds is 6. The van der Waals surface area contributed by atoms with Crippen LogP contribution in [0, 0.1) is 12.8 Å². The summed E-state index contributed by atoms with van der Waals surface area (Å²) in [6, 6.07) is 18.9. The molecule has 2 aromatic carbocycles. The fourth-order valence-corrected chi connectivity index (χ4v) is 2.44. The normalized spacial score (nSPS) is 14.1. The van der Waals surface area contributed by atoms with E-state index in [1.807, 2.05) is 19.9 Å². The van der Waals surface area contributed by atoms with Gasteiger partial charge in [-0.3, -0.25) is 0 Å². The molecule has 2 unspecified atom stereocenters. The van der Waals surface area contributed by atoms with Gasteiger partial charge in [-0.1, -0.05) is 68.4 Å². The van der Waals surface area contributed by atoms with Gasteiger partial charge in [0.05, 0.1) is 12.1 Å². The van der Waals surface area contributed by atoms with Crippen LogP contribution in [0.5, 0.6) is 0 Å². The van der Waals surface area contributed by atoms with Crippen LogP contribution in [-0.4, -0.2) is 17.8 Å². The summed E-state index contributed by atoms with van der Waals surface area (Å²) in [6.07, 6.45) is -0.333. The average Bonchev–Trinajstić information content (AvgIpc) is 2.50. The number of aliphatic hydroxyl groups is 1. The Balaban J connectivity index is 2.26. The monoisotopic (exact) mass is 283 g/mol. The van der Waals surface area contributed by atoms with Crippen molar-refractivity contribution in [1.82, 2.24) is 5.32 Å². The fraction of sp³-hybridized carbons (Fsp3) is 0.368. The van der Waals surface area contributed by atoms with Crippen molar-refractivity contribution >= 4 is 0 Å². The fourth-order valence-electron chi connectivity index (χ4n) is 2.44. The second-order valence-corrected chi connectivity index (χ2v) is 5.92. The Hall–Kier alpha value is -1.64. The van der Waals surface area contributed by atoms with E-state index in [4.69, 9.17) is 0 Å². The second-order valence-electron chi connectivity index (χ2n) is 5.92. The molecule has 0 spiro atoms. The summed E-state index contributed by atoms with van der Waals surface area (Å²) in [5.41, 5.74) is 3.75. The highest BCUT2D eigenvalue weighted by Crippen LogP contribution is 2.24. The molecule has 0 bridgehead atoms. The highest BCUT2D eigenvalue weighted by Gasteiger charge is 2.17. The molecule has 2 N–H and O–H groups in total. The van der Waals surface area contributed by atoms with Crippen LogP contribution in [-0.2, 0) is 0 Å². The van der Waals surface area contributed by atoms with Crippen molar-refractivity contribution in [3.8, 4) is 0 Å². The maximum Gasteiger partial charge on any atom is 0.0687 e. The van der Waals surface area contributed by atoms with E-state index in [-0.39, 0.29) is 18.1 Å². The molecular weight excluding hydrogens is 258 g/mol. The molecule has 0 aliphatic carbocycles. The highest BCUT2D eigenvalue weighted by molar-refractivity contribution is 5.36. The van der Waals surface area contributed by atoms with Gasteiger partial charge in [-0.05, 0) is 29.5 Å². The lowest BCUT2D eigenvalue weighted by Gasteiger charge is -2.24. The third-order valence-electron chi connectivity index (χ3n) is 3.93. The molecule has 0 radical (unpaired) electrons. The van der Waals surface area contributed by atoms with Gasteiger partial charge in [0.15, 0.2) is 0 Å². The van der Waals surface area contributed by atoms with Crippen LogP contribution in [0.25, 0.3) is 0 Å². The van der Waals surface area contributed by atoms with Gasteiger partial charge in [0.1, 0.15) is 0 Å². The average molecular weight is 283 g/mol. The Morgan fingerprint density at radius 2 is 1.57 bits per heavy atom. The summed E-state index contributed by atoms with van der Waals surface area (Å²) in [7, 11) is 0. The number of aliphatic hydroxyl groups excluding tert-OH is 1. The van der Waals surface area contributed by atoms with Crippen LogP contribution >= 0.6 is 0 Å². The van der Waals surface area contributed by atoms with E-state index in [0.29, 0.717) is 6.54 Å². The number of hydrogen-bond acceptors (Lipinski definition) is 2. The van der Waals surface area contributed by atoms with Crippen molar-refractivity contribution < 1.29 is 5.11 Å². The van der Waals surface area contributed by atoms with Gasteiger partial charge in [0.2, 0.25) is 0 Å². The maximum absolute atomic E-state index is 10.1. The Morgan fingerprint density at radius 3 is 2.19 bits per heavy atom. The first kappa shape index (κ1) is 15.7. The first-order chi connectivity index (χ1) is 10.1. The molecule has 0 amide bonds. The highest BCUT2D eigenvalue weighted by atomic mass is 16.3. The zero-order valence-corrected chi connectivity index (χ0v) is 13.1. The molecule has 0 heterocycles. The lowest BCUT2D eigenvalue weighted by molar-refractivity contribution is 0.121. The molecule has 0 fully saturated rings. The Kier molecular flexibility index (Phi) is 5.54. The minimum atomic E-state index is -0.333. The molecule has 0 saturated carbocycles. The summed E-state index contributed by atoms with van der Waals surface area (Å²) in [5.74, 6) is 0.255. The first-order valence-electron chi connectivity index (χ1n) is 7.61. The smallest absolute Gasteiger partial charge is 0.0687 e. The Labute approximate surface area is 127 Å². The van der Waals surface area contributed by atoms with Crippen LogP contribution in [0.15, 0.2) is 54.6 Å². The van der Waals surface area contributed by atoms with Crippen molar-refractivity contribution in [2.75, 3.05) is 6.54 Å². The largest absolute Gasteiger partial charge is 0.392 e. The molecule has 0 saturated heterocycles. The van der Waals surface area contributed by atoms with E-state index in [1.165, 1.54) is 16.7 Å². The second kappa shape index (κ2) is 7.39. The third kappa shape index (κ3) is 4.16. The molecule has 2 heteroatoms. The first-order valence-corrected chi connectivity index (χ1v) is 7.61. The number of benzene rings is 2. The predicted octanol–water partition coefficient (Wildman–Crippen LogP) is 3.69. The number of aryl methyl sites for hydroxylation is 1. The van der Waals surface area contributed by atoms with Crippen molar-refractivity contribution in [1.29, 1.82) is 0 Å².